The number of nitrogens with zero attached hydrogens (tertiary/aromatic N) is 3. The van der Waals surface area contributed by atoms with E-state index in [2.05, 4.69) is 25.3 Å². The summed E-state index contributed by atoms with van der Waals surface area (Å²) in [5, 5.41) is 7.03. The summed E-state index contributed by atoms with van der Waals surface area (Å²) in [6, 6.07) is 3.80. The van der Waals surface area contributed by atoms with Crippen molar-refractivity contribution in [3.8, 4) is 5.75 Å². The summed E-state index contributed by atoms with van der Waals surface area (Å²) < 4.78 is 30.3. The number of methoxy groups -OCH3 is 1. The van der Waals surface area contributed by atoms with Gasteiger partial charge in [0.05, 0.1) is 24.7 Å². The summed E-state index contributed by atoms with van der Waals surface area (Å²) in [4.78, 5) is 22.9. The van der Waals surface area contributed by atoms with E-state index in [1.165, 1.54) is 6.20 Å². The summed E-state index contributed by atoms with van der Waals surface area (Å²) in [6.45, 7) is 0.382. The number of halogens is 1. The highest BCUT2D eigenvalue weighted by Gasteiger charge is 2.27. The van der Waals surface area contributed by atoms with Crippen molar-refractivity contribution in [1.29, 1.82) is 0 Å². The average molecular weight is 523 g/mol. The lowest BCUT2D eigenvalue weighted by Crippen LogP contribution is -2.38. The van der Waals surface area contributed by atoms with Gasteiger partial charge >= 0.3 is 0 Å². The first-order valence-corrected chi connectivity index (χ1v) is 13.3. The second-order valence-electron chi connectivity index (χ2n) is 8.88. The quantitative estimate of drug-likeness (QED) is 0.389. The van der Waals surface area contributed by atoms with Gasteiger partial charge in [-0.1, -0.05) is 24.4 Å². The van der Waals surface area contributed by atoms with E-state index in [9.17, 15) is 13.2 Å². The largest absolute Gasteiger partial charge is 0.494 e. The summed E-state index contributed by atoms with van der Waals surface area (Å²) in [7, 11) is 0.755. The fourth-order valence-corrected chi connectivity index (χ4v) is 5.41. The highest BCUT2D eigenvalue weighted by atomic mass is 35.5. The zero-order chi connectivity index (χ0) is 24.9. The third kappa shape index (κ3) is 5.96. The van der Waals surface area contributed by atoms with Gasteiger partial charge in [0.2, 0.25) is 22.7 Å². The van der Waals surface area contributed by atoms with E-state index in [1.54, 1.807) is 19.1 Å². The molecule has 1 aliphatic heterocycles. The molecule has 0 bridgehead atoms. The van der Waals surface area contributed by atoms with E-state index in [0.717, 1.165) is 49.8 Å². The van der Waals surface area contributed by atoms with E-state index in [1.807, 2.05) is 12.1 Å². The Hall–Kier alpha value is -2.63. The molecule has 1 aromatic heterocycles. The lowest BCUT2D eigenvalue weighted by atomic mass is 9.84. The minimum atomic E-state index is -2.63. The first kappa shape index (κ1) is 25.5. The van der Waals surface area contributed by atoms with Crippen molar-refractivity contribution in [1.82, 2.24) is 14.7 Å². The van der Waals surface area contributed by atoms with Gasteiger partial charge in [-0.15, -0.1) is 0 Å². The third-order valence-corrected chi connectivity index (χ3v) is 7.41. The number of carbonyl (C=O) groups is 1. The van der Waals surface area contributed by atoms with E-state index in [0.29, 0.717) is 41.2 Å². The number of fused-ring (bicyclic) bond motifs is 1. The van der Waals surface area contributed by atoms with Crippen LogP contribution >= 0.6 is 11.6 Å². The number of amides is 1. The number of rotatable bonds is 8. The molecular weight excluding hydrogens is 492 g/mol. The van der Waals surface area contributed by atoms with Crippen LogP contribution in [0.5, 0.6) is 5.75 Å². The minimum Gasteiger partial charge on any atom is -0.494 e. The first-order chi connectivity index (χ1) is 16.9. The smallest absolute Gasteiger partial charge is 0.229 e. The van der Waals surface area contributed by atoms with Crippen LogP contribution in [0.1, 0.15) is 44.1 Å². The summed E-state index contributed by atoms with van der Waals surface area (Å²) in [6.07, 6.45) is 7.44. The molecule has 0 unspecified atom stereocenters. The SMILES string of the molecule is COc1c(Nc2ncc(Cl)c(N[C@@H]3CCCC[C@@H]3CN[SH](=O)=O)n2)ccc2c1CCCC(=O)N2C. The Morgan fingerprint density at radius 1 is 1.20 bits per heavy atom. The van der Waals surface area contributed by atoms with Crippen LogP contribution in [0.3, 0.4) is 0 Å². The van der Waals surface area contributed by atoms with Gasteiger partial charge in [-0.05, 0) is 43.7 Å². The topological polar surface area (TPSA) is 126 Å². The molecule has 0 saturated heterocycles. The van der Waals surface area contributed by atoms with Gasteiger partial charge in [0.15, 0.2) is 5.82 Å². The van der Waals surface area contributed by atoms with Gasteiger partial charge < -0.3 is 20.3 Å². The maximum atomic E-state index is 12.3. The Morgan fingerprint density at radius 2 is 2.00 bits per heavy atom. The van der Waals surface area contributed by atoms with Gasteiger partial charge in [0.25, 0.3) is 0 Å². The predicted octanol–water partition coefficient (Wildman–Crippen LogP) is 3.27. The van der Waals surface area contributed by atoms with Crippen molar-refractivity contribution < 1.29 is 17.9 Å². The van der Waals surface area contributed by atoms with Gasteiger partial charge in [0.1, 0.15) is 10.8 Å². The van der Waals surface area contributed by atoms with Gasteiger partial charge in [-0.2, -0.15) is 4.98 Å². The molecule has 1 saturated carbocycles. The van der Waals surface area contributed by atoms with Crippen LogP contribution in [-0.4, -0.2) is 51.0 Å². The number of aromatic nitrogens is 2. The lowest BCUT2D eigenvalue weighted by Gasteiger charge is -2.32. The molecule has 0 radical (unpaired) electrons. The van der Waals surface area contributed by atoms with Crippen LogP contribution in [0.25, 0.3) is 0 Å². The molecule has 10 nitrogen and oxygen atoms in total. The number of hydrogen-bond donors (Lipinski definition) is 4. The standard InChI is InChI=1S/C23H31ClN6O4S/c1-30-19-11-10-18(21(34-2)15(19)7-5-9-20(30)31)28-23-25-13-16(24)22(29-23)27-17-8-4-3-6-14(17)12-26-35(32)33/h10-11,13-14,17,35H,3-9,12H2,1-2H3,(H,26,32,33)(H2,25,27,28,29)/t14-,17-/m1/s1. The number of ether oxygens (including phenoxy) is 1. The number of nitrogens with one attached hydrogen (secondary N) is 3. The number of benzene rings is 1. The molecule has 2 aromatic rings. The Kier molecular flexibility index (Phi) is 8.30. The van der Waals surface area contributed by atoms with Crippen LogP contribution in [0.15, 0.2) is 18.3 Å². The first-order valence-electron chi connectivity index (χ1n) is 11.8. The molecule has 1 fully saturated rings. The molecule has 2 aliphatic rings. The molecule has 12 heteroatoms. The zero-order valence-corrected chi connectivity index (χ0v) is 21.5. The molecule has 0 spiro atoms. The molecule has 3 N–H and O–H groups in total. The molecular formula is C23H31ClN6O4S. The van der Waals surface area contributed by atoms with Crippen LogP contribution in [0, 0.1) is 5.92 Å². The summed E-state index contributed by atoms with van der Waals surface area (Å²) >= 11 is 6.41. The van der Waals surface area contributed by atoms with Crippen molar-refractivity contribution in [2.24, 2.45) is 5.92 Å². The number of hydrogen-bond acceptors (Lipinski definition) is 8. The van der Waals surface area contributed by atoms with Crippen LogP contribution in [-0.2, 0) is 22.1 Å². The second kappa shape index (κ2) is 11.4. The van der Waals surface area contributed by atoms with E-state index in [-0.39, 0.29) is 17.9 Å². The van der Waals surface area contributed by atoms with Gasteiger partial charge in [-0.25, -0.2) is 18.1 Å². The van der Waals surface area contributed by atoms with Gasteiger partial charge in [-0.3, -0.25) is 4.79 Å². The Balaban J connectivity index is 1.56. The Bertz CT molecular complexity index is 1150. The van der Waals surface area contributed by atoms with Crippen molar-refractivity contribution in [2.45, 2.75) is 51.0 Å². The molecule has 190 valence electrons. The monoisotopic (exact) mass is 522 g/mol. The number of anilines is 4. The molecule has 4 rings (SSSR count). The van der Waals surface area contributed by atoms with E-state index < -0.39 is 10.9 Å². The van der Waals surface area contributed by atoms with Crippen LogP contribution in [0.2, 0.25) is 5.02 Å². The van der Waals surface area contributed by atoms with Crippen LogP contribution < -0.4 is 25.0 Å². The molecule has 35 heavy (non-hydrogen) atoms. The summed E-state index contributed by atoms with van der Waals surface area (Å²) in [5.41, 5.74) is 2.50. The van der Waals surface area contributed by atoms with Crippen molar-refractivity contribution in [3.05, 3.63) is 28.9 Å². The molecule has 2 heterocycles. The van der Waals surface area contributed by atoms with Crippen molar-refractivity contribution in [3.63, 3.8) is 0 Å². The molecule has 1 aromatic carbocycles. The van der Waals surface area contributed by atoms with E-state index >= 15 is 0 Å². The number of thiol groups is 1. The fourth-order valence-electron chi connectivity index (χ4n) is 4.88. The highest BCUT2D eigenvalue weighted by Crippen LogP contribution is 2.40. The Morgan fingerprint density at radius 3 is 2.77 bits per heavy atom. The molecule has 2 atom stereocenters. The highest BCUT2D eigenvalue weighted by molar-refractivity contribution is 7.70. The molecule has 1 aliphatic carbocycles. The van der Waals surface area contributed by atoms with Crippen molar-refractivity contribution in [2.75, 3.05) is 36.2 Å². The predicted molar refractivity (Wildman–Crippen MR) is 137 cm³/mol. The van der Waals surface area contributed by atoms with E-state index in [4.69, 9.17) is 16.3 Å². The molecule has 1 amide bonds. The maximum Gasteiger partial charge on any atom is 0.229 e. The number of carbonyl (C=O) groups excluding carboxylic acids is 1. The van der Waals surface area contributed by atoms with Crippen LogP contribution in [0.4, 0.5) is 23.1 Å². The zero-order valence-electron chi connectivity index (χ0n) is 19.8. The third-order valence-electron chi connectivity index (χ3n) is 6.70. The maximum absolute atomic E-state index is 12.3. The Labute approximate surface area is 211 Å². The summed E-state index contributed by atoms with van der Waals surface area (Å²) in [5.74, 6) is 1.72. The fraction of sp³-hybridized carbons (Fsp3) is 0.522. The lowest BCUT2D eigenvalue weighted by molar-refractivity contribution is -0.118. The normalized spacial score (nSPS) is 20.3. The minimum absolute atomic E-state index is 0.0431. The average Bonchev–Trinajstić information content (AvgIpc) is 2.98. The second-order valence-corrected chi connectivity index (χ2v) is 10.1. The van der Waals surface area contributed by atoms with Gasteiger partial charge in [0, 0.05) is 31.6 Å². The van der Waals surface area contributed by atoms with Crippen molar-refractivity contribution >= 4 is 51.5 Å².